The van der Waals surface area contributed by atoms with Crippen LogP contribution in [0.5, 0.6) is 0 Å². The van der Waals surface area contributed by atoms with Crippen molar-refractivity contribution in [2.75, 3.05) is 0 Å². The van der Waals surface area contributed by atoms with Crippen LogP contribution in [0.1, 0.15) is 19.3 Å². The van der Waals surface area contributed by atoms with Crippen molar-refractivity contribution in [3.8, 4) is 0 Å². The van der Waals surface area contributed by atoms with Crippen molar-refractivity contribution in [2.45, 2.75) is 25.8 Å². The number of rotatable bonds is 4. The van der Waals surface area contributed by atoms with Gasteiger partial charge in [0.15, 0.2) is 0 Å². The van der Waals surface area contributed by atoms with Gasteiger partial charge in [-0.3, -0.25) is 4.68 Å². The zero-order valence-corrected chi connectivity index (χ0v) is 8.13. The molecule has 5 heteroatoms. The van der Waals surface area contributed by atoms with Gasteiger partial charge in [0.05, 0.1) is 4.99 Å². The van der Waals surface area contributed by atoms with E-state index in [4.69, 9.17) is 18.0 Å². The SMILES string of the molecule is NC(=S)CC1(Cn2cncn2)CC1. The molecule has 70 valence electrons. The minimum absolute atomic E-state index is 0.291. The normalized spacial score (nSPS) is 18.5. The zero-order valence-electron chi connectivity index (χ0n) is 7.31. The Labute approximate surface area is 82.1 Å². The Morgan fingerprint density at radius 1 is 1.62 bits per heavy atom. The van der Waals surface area contributed by atoms with Crippen molar-refractivity contribution in [1.29, 1.82) is 0 Å². The number of thiocarbonyl (C=S) groups is 1. The zero-order chi connectivity index (χ0) is 9.31. The molecule has 0 atom stereocenters. The Balaban J connectivity index is 1.98. The van der Waals surface area contributed by atoms with Crippen molar-refractivity contribution < 1.29 is 0 Å². The van der Waals surface area contributed by atoms with Crippen LogP contribution in [0.15, 0.2) is 12.7 Å². The molecule has 0 amide bonds. The fourth-order valence-corrected chi connectivity index (χ4v) is 1.90. The highest BCUT2D eigenvalue weighted by molar-refractivity contribution is 7.80. The van der Waals surface area contributed by atoms with Crippen LogP contribution in [0.4, 0.5) is 0 Å². The molecule has 1 aromatic rings. The van der Waals surface area contributed by atoms with E-state index in [1.165, 1.54) is 12.8 Å². The minimum atomic E-state index is 0.291. The highest BCUT2D eigenvalue weighted by atomic mass is 32.1. The molecule has 0 spiro atoms. The lowest BCUT2D eigenvalue weighted by Gasteiger charge is -2.12. The van der Waals surface area contributed by atoms with Gasteiger partial charge in [0, 0.05) is 13.0 Å². The smallest absolute Gasteiger partial charge is 0.137 e. The maximum atomic E-state index is 5.53. The Morgan fingerprint density at radius 3 is 2.85 bits per heavy atom. The maximum Gasteiger partial charge on any atom is 0.137 e. The molecule has 1 saturated carbocycles. The molecule has 2 N–H and O–H groups in total. The quantitative estimate of drug-likeness (QED) is 0.721. The van der Waals surface area contributed by atoms with Crippen molar-refractivity contribution in [3.05, 3.63) is 12.7 Å². The average molecular weight is 196 g/mol. The standard InChI is InChI=1S/C8H12N4S/c9-7(13)3-8(1-2-8)4-12-6-10-5-11-12/h5-6H,1-4H2,(H2,9,13). The Bertz CT molecular complexity index is 302. The van der Waals surface area contributed by atoms with E-state index in [-0.39, 0.29) is 0 Å². The summed E-state index contributed by atoms with van der Waals surface area (Å²) in [6, 6.07) is 0. The first-order valence-electron chi connectivity index (χ1n) is 4.31. The van der Waals surface area contributed by atoms with Gasteiger partial charge in [-0.15, -0.1) is 0 Å². The summed E-state index contributed by atoms with van der Waals surface area (Å²) >= 11 is 4.91. The van der Waals surface area contributed by atoms with Crippen LogP contribution in [0.2, 0.25) is 0 Å². The van der Waals surface area contributed by atoms with Crippen LogP contribution < -0.4 is 5.73 Å². The predicted octanol–water partition coefficient (Wildman–Crippen LogP) is 0.735. The number of hydrogen-bond donors (Lipinski definition) is 1. The van der Waals surface area contributed by atoms with Crippen LogP contribution in [-0.4, -0.2) is 19.8 Å². The fraction of sp³-hybridized carbons (Fsp3) is 0.625. The molecule has 1 aliphatic rings. The third kappa shape index (κ3) is 2.03. The molecule has 4 nitrogen and oxygen atoms in total. The third-order valence-electron chi connectivity index (χ3n) is 2.47. The maximum absolute atomic E-state index is 5.53. The molecule has 13 heavy (non-hydrogen) atoms. The molecule has 0 aliphatic heterocycles. The molecule has 2 rings (SSSR count). The highest BCUT2D eigenvalue weighted by Gasteiger charge is 2.43. The molecule has 0 bridgehead atoms. The van der Waals surface area contributed by atoms with Gasteiger partial charge in [-0.2, -0.15) is 5.10 Å². The van der Waals surface area contributed by atoms with Crippen molar-refractivity contribution in [3.63, 3.8) is 0 Å². The first-order chi connectivity index (χ1) is 6.20. The lowest BCUT2D eigenvalue weighted by molar-refractivity contribution is 0.410. The van der Waals surface area contributed by atoms with Crippen LogP contribution in [0, 0.1) is 5.41 Å². The Kier molecular flexibility index (Phi) is 2.03. The molecular weight excluding hydrogens is 184 g/mol. The van der Waals surface area contributed by atoms with Gasteiger partial charge in [0.1, 0.15) is 12.7 Å². The van der Waals surface area contributed by atoms with E-state index in [0.29, 0.717) is 10.4 Å². The average Bonchev–Trinajstić information content (AvgIpc) is 2.61. The highest BCUT2D eigenvalue weighted by Crippen LogP contribution is 2.49. The monoisotopic (exact) mass is 196 g/mol. The van der Waals surface area contributed by atoms with E-state index in [0.717, 1.165) is 13.0 Å². The second-order valence-electron chi connectivity index (χ2n) is 3.74. The molecule has 0 aromatic carbocycles. The third-order valence-corrected chi connectivity index (χ3v) is 2.61. The van der Waals surface area contributed by atoms with Gasteiger partial charge in [-0.25, -0.2) is 4.98 Å². The lowest BCUT2D eigenvalue weighted by atomic mass is 10.0. The summed E-state index contributed by atoms with van der Waals surface area (Å²) in [4.78, 5) is 4.51. The summed E-state index contributed by atoms with van der Waals surface area (Å²) in [5, 5.41) is 4.07. The van der Waals surface area contributed by atoms with E-state index in [1.807, 2.05) is 4.68 Å². The van der Waals surface area contributed by atoms with E-state index in [9.17, 15) is 0 Å². The summed E-state index contributed by atoms with van der Waals surface area (Å²) in [6.45, 7) is 0.893. The molecule has 0 radical (unpaired) electrons. The summed E-state index contributed by atoms with van der Waals surface area (Å²) in [6.07, 6.45) is 6.52. The van der Waals surface area contributed by atoms with Crippen molar-refractivity contribution in [1.82, 2.24) is 14.8 Å². The topological polar surface area (TPSA) is 56.7 Å². The van der Waals surface area contributed by atoms with Crippen LogP contribution in [0.25, 0.3) is 0 Å². The van der Waals surface area contributed by atoms with Gasteiger partial charge in [-0.05, 0) is 18.3 Å². The molecular formula is C8H12N4S. The van der Waals surface area contributed by atoms with Gasteiger partial charge in [-0.1, -0.05) is 12.2 Å². The van der Waals surface area contributed by atoms with Crippen LogP contribution >= 0.6 is 12.2 Å². The number of hydrogen-bond acceptors (Lipinski definition) is 3. The molecule has 1 heterocycles. The van der Waals surface area contributed by atoms with Gasteiger partial charge < -0.3 is 5.73 Å². The second-order valence-corrected chi connectivity index (χ2v) is 4.26. The van der Waals surface area contributed by atoms with E-state index >= 15 is 0 Å². The first-order valence-corrected chi connectivity index (χ1v) is 4.72. The number of nitrogens with zero attached hydrogens (tertiary/aromatic N) is 3. The van der Waals surface area contributed by atoms with Gasteiger partial charge in [0.2, 0.25) is 0 Å². The second kappa shape index (κ2) is 3.06. The van der Waals surface area contributed by atoms with Gasteiger partial charge >= 0.3 is 0 Å². The van der Waals surface area contributed by atoms with E-state index < -0.39 is 0 Å². The Morgan fingerprint density at radius 2 is 2.38 bits per heavy atom. The minimum Gasteiger partial charge on any atom is -0.393 e. The largest absolute Gasteiger partial charge is 0.393 e. The Hall–Kier alpha value is -0.970. The number of nitrogens with two attached hydrogens (primary N) is 1. The molecule has 1 fully saturated rings. The van der Waals surface area contributed by atoms with Crippen molar-refractivity contribution in [2.24, 2.45) is 11.1 Å². The summed E-state index contributed by atoms with van der Waals surface area (Å²) in [7, 11) is 0. The lowest BCUT2D eigenvalue weighted by Crippen LogP contribution is -2.20. The molecule has 1 aliphatic carbocycles. The fourth-order valence-electron chi connectivity index (χ4n) is 1.60. The van der Waals surface area contributed by atoms with Crippen LogP contribution in [0.3, 0.4) is 0 Å². The van der Waals surface area contributed by atoms with Crippen LogP contribution in [-0.2, 0) is 6.54 Å². The number of aromatic nitrogens is 3. The van der Waals surface area contributed by atoms with E-state index in [2.05, 4.69) is 10.1 Å². The summed E-state index contributed by atoms with van der Waals surface area (Å²) in [5.41, 5.74) is 5.82. The first kappa shape index (κ1) is 8.62. The molecule has 0 saturated heterocycles. The summed E-state index contributed by atoms with van der Waals surface area (Å²) in [5.74, 6) is 0. The van der Waals surface area contributed by atoms with Gasteiger partial charge in [0.25, 0.3) is 0 Å². The van der Waals surface area contributed by atoms with E-state index in [1.54, 1.807) is 12.7 Å². The molecule has 0 unspecified atom stereocenters. The predicted molar refractivity (Wildman–Crippen MR) is 53.1 cm³/mol. The summed E-state index contributed by atoms with van der Waals surface area (Å²) < 4.78 is 1.85. The molecule has 1 aromatic heterocycles. The van der Waals surface area contributed by atoms with Crippen molar-refractivity contribution >= 4 is 17.2 Å².